The Morgan fingerprint density at radius 2 is 1.51 bits per heavy atom. The summed E-state index contributed by atoms with van der Waals surface area (Å²) in [4.78, 5) is 27.7. The Morgan fingerprint density at radius 3 is 2.03 bits per heavy atom. The number of rotatable bonds is 10. The van der Waals surface area contributed by atoms with Gasteiger partial charge in [0.15, 0.2) is 0 Å². The van der Waals surface area contributed by atoms with Crippen LogP contribution in [0.2, 0.25) is 20.1 Å². The predicted molar refractivity (Wildman–Crippen MR) is 143 cm³/mol. The number of carbonyl (C=O) groups is 2. The van der Waals surface area contributed by atoms with Crippen molar-refractivity contribution in [1.82, 2.24) is 10.2 Å². The van der Waals surface area contributed by atoms with Crippen molar-refractivity contribution in [3.05, 3.63) is 62.1 Å². The highest BCUT2D eigenvalue weighted by atomic mass is 35.5. The summed E-state index contributed by atoms with van der Waals surface area (Å²) in [6, 6.07) is 8.11. The molecule has 0 heterocycles. The van der Waals surface area contributed by atoms with Gasteiger partial charge in [-0.05, 0) is 56.2 Å². The van der Waals surface area contributed by atoms with Gasteiger partial charge in [0.25, 0.3) is 0 Å². The van der Waals surface area contributed by atoms with Gasteiger partial charge in [0.1, 0.15) is 12.6 Å². The van der Waals surface area contributed by atoms with Gasteiger partial charge in [-0.25, -0.2) is 8.42 Å². The number of anilines is 1. The number of amides is 2. The van der Waals surface area contributed by atoms with E-state index in [1.807, 2.05) is 13.8 Å². The lowest BCUT2D eigenvalue weighted by Crippen LogP contribution is -2.52. The van der Waals surface area contributed by atoms with Gasteiger partial charge < -0.3 is 10.2 Å². The number of halogens is 4. The minimum absolute atomic E-state index is 0.00376. The van der Waals surface area contributed by atoms with E-state index in [1.165, 1.54) is 23.1 Å². The molecule has 0 saturated carbocycles. The Morgan fingerprint density at radius 1 is 0.943 bits per heavy atom. The lowest BCUT2D eigenvalue weighted by molar-refractivity contribution is -0.139. The van der Waals surface area contributed by atoms with Crippen LogP contribution in [0.4, 0.5) is 5.69 Å². The normalized spacial score (nSPS) is 13.1. The maximum atomic E-state index is 13.5. The maximum absolute atomic E-state index is 13.5. The zero-order chi connectivity index (χ0) is 26.5. The van der Waals surface area contributed by atoms with Gasteiger partial charge in [-0.3, -0.25) is 13.9 Å². The largest absolute Gasteiger partial charge is 0.352 e. The highest BCUT2D eigenvalue weighted by Crippen LogP contribution is 2.29. The minimum atomic E-state index is -3.89. The quantitative estimate of drug-likeness (QED) is 0.406. The number of nitrogens with one attached hydrogen (secondary N) is 1. The minimum Gasteiger partial charge on any atom is -0.352 e. The van der Waals surface area contributed by atoms with Crippen LogP contribution in [0.5, 0.6) is 0 Å². The third-order valence-electron chi connectivity index (χ3n) is 5.38. The topological polar surface area (TPSA) is 86.8 Å². The number of hydrogen-bond acceptors (Lipinski definition) is 4. The first-order chi connectivity index (χ1) is 16.2. The van der Waals surface area contributed by atoms with Crippen molar-refractivity contribution in [3.63, 3.8) is 0 Å². The molecule has 2 atom stereocenters. The van der Waals surface area contributed by atoms with E-state index in [1.54, 1.807) is 25.1 Å². The van der Waals surface area contributed by atoms with E-state index in [0.717, 1.165) is 10.6 Å². The summed E-state index contributed by atoms with van der Waals surface area (Å²) in [5.74, 6) is -0.965. The molecule has 0 aliphatic rings. The molecule has 0 aliphatic heterocycles. The predicted octanol–water partition coefficient (Wildman–Crippen LogP) is 5.40. The van der Waals surface area contributed by atoms with E-state index in [0.29, 0.717) is 22.0 Å². The highest BCUT2D eigenvalue weighted by Gasteiger charge is 2.30. The fraction of sp³-hybridized carbons (Fsp3) is 0.391. The summed E-state index contributed by atoms with van der Waals surface area (Å²) < 4.78 is 26.1. The first-order valence-electron chi connectivity index (χ1n) is 10.7. The number of hydrogen-bond donors (Lipinski definition) is 1. The molecule has 2 aromatic rings. The fourth-order valence-corrected chi connectivity index (χ4v) is 4.59. The molecule has 2 amide bonds. The van der Waals surface area contributed by atoms with Crippen LogP contribution in [0.25, 0.3) is 0 Å². The first kappa shape index (κ1) is 29.5. The third-order valence-corrected chi connectivity index (χ3v) is 7.99. The molecule has 2 rings (SSSR count). The zero-order valence-corrected chi connectivity index (χ0v) is 23.5. The van der Waals surface area contributed by atoms with Crippen molar-refractivity contribution in [2.24, 2.45) is 0 Å². The first-order valence-corrected chi connectivity index (χ1v) is 14.1. The molecule has 0 fully saturated rings. The number of nitrogens with zero attached hydrogens (tertiary/aromatic N) is 2. The second-order valence-electron chi connectivity index (χ2n) is 8.13. The van der Waals surface area contributed by atoms with Gasteiger partial charge in [-0.15, -0.1) is 0 Å². The summed E-state index contributed by atoms with van der Waals surface area (Å²) in [6.07, 6.45) is 1.68. The van der Waals surface area contributed by atoms with Crippen LogP contribution in [-0.2, 0) is 26.2 Å². The molecule has 1 N–H and O–H groups in total. The van der Waals surface area contributed by atoms with E-state index in [-0.39, 0.29) is 34.2 Å². The SMILES string of the molecule is CCC(C)NC(=O)C(C)N(Cc1ccc(Cl)c(Cl)c1)C(=O)CN(c1ccc(Cl)c(Cl)c1)S(C)(=O)=O. The Labute approximate surface area is 226 Å². The highest BCUT2D eigenvalue weighted by molar-refractivity contribution is 7.92. The van der Waals surface area contributed by atoms with E-state index in [9.17, 15) is 18.0 Å². The Balaban J connectivity index is 2.43. The standard InChI is InChI=1S/C23H27Cl4N3O4S/c1-5-14(2)28-23(32)15(3)29(12-16-6-8-18(24)20(26)10-16)22(31)13-30(35(4,33)34)17-7-9-19(25)21(27)11-17/h6-11,14-15H,5,12-13H2,1-4H3,(H,28,32). The van der Waals surface area contributed by atoms with Crippen LogP contribution in [0, 0.1) is 0 Å². The summed E-state index contributed by atoms with van der Waals surface area (Å²) in [5.41, 5.74) is 0.790. The van der Waals surface area contributed by atoms with E-state index >= 15 is 0 Å². The smallest absolute Gasteiger partial charge is 0.244 e. The maximum Gasteiger partial charge on any atom is 0.244 e. The molecule has 0 radical (unpaired) electrons. The third kappa shape index (κ3) is 8.15. The molecule has 35 heavy (non-hydrogen) atoms. The van der Waals surface area contributed by atoms with Crippen molar-refractivity contribution in [3.8, 4) is 0 Å². The Kier molecular flexibility index (Phi) is 10.5. The molecule has 0 saturated heterocycles. The van der Waals surface area contributed by atoms with Crippen LogP contribution >= 0.6 is 46.4 Å². The van der Waals surface area contributed by atoms with Crippen molar-refractivity contribution in [1.29, 1.82) is 0 Å². The molecule has 12 heteroatoms. The van der Waals surface area contributed by atoms with Gasteiger partial charge in [0, 0.05) is 12.6 Å². The van der Waals surface area contributed by atoms with Crippen molar-refractivity contribution < 1.29 is 18.0 Å². The summed E-state index contributed by atoms with van der Waals surface area (Å²) in [5, 5.41) is 3.88. The monoisotopic (exact) mass is 581 g/mol. The molecular formula is C23H27Cl4N3O4S. The van der Waals surface area contributed by atoms with Gasteiger partial charge in [0.05, 0.1) is 32.0 Å². The molecule has 2 aromatic carbocycles. The average molecular weight is 583 g/mol. The molecule has 192 valence electrons. The summed E-state index contributed by atoms with van der Waals surface area (Å²) in [7, 11) is -3.89. The van der Waals surface area contributed by atoms with E-state index < -0.39 is 28.5 Å². The Bertz CT molecular complexity index is 1190. The van der Waals surface area contributed by atoms with Crippen molar-refractivity contribution in [2.45, 2.75) is 45.8 Å². The molecule has 0 aliphatic carbocycles. The van der Waals surface area contributed by atoms with Crippen molar-refractivity contribution >= 4 is 73.9 Å². The number of sulfonamides is 1. The van der Waals surface area contributed by atoms with Crippen LogP contribution in [0.1, 0.15) is 32.8 Å². The average Bonchev–Trinajstić information content (AvgIpc) is 2.78. The van der Waals surface area contributed by atoms with Gasteiger partial charge in [0.2, 0.25) is 21.8 Å². The lowest BCUT2D eigenvalue weighted by Gasteiger charge is -2.32. The van der Waals surface area contributed by atoms with Crippen LogP contribution in [-0.4, -0.2) is 50.0 Å². The molecule has 7 nitrogen and oxygen atoms in total. The van der Waals surface area contributed by atoms with Crippen molar-refractivity contribution in [2.75, 3.05) is 17.1 Å². The zero-order valence-electron chi connectivity index (χ0n) is 19.7. The number of carbonyl (C=O) groups excluding carboxylic acids is 2. The van der Waals surface area contributed by atoms with Gasteiger partial charge in [-0.2, -0.15) is 0 Å². The van der Waals surface area contributed by atoms with Gasteiger partial charge >= 0.3 is 0 Å². The molecule has 0 bridgehead atoms. The van der Waals surface area contributed by atoms with E-state index in [4.69, 9.17) is 46.4 Å². The second-order valence-corrected chi connectivity index (χ2v) is 11.7. The van der Waals surface area contributed by atoms with Gasteiger partial charge in [-0.1, -0.05) is 59.4 Å². The van der Waals surface area contributed by atoms with Crippen LogP contribution in [0.15, 0.2) is 36.4 Å². The number of benzene rings is 2. The summed E-state index contributed by atoms with van der Waals surface area (Å²) >= 11 is 24.2. The summed E-state index contributed by atoms with van der Waals surface area (Å²) in [6.45, 7) is 4.81. The lowest BCUT2D eigenvalue weighted by atomic mass is 10.1. The second kappa shape index (κ2) is 12.5. The molecule has 2 unspecified atom stereocenters. The Hall–Kier alpha value is -1.71. The van der Waals surface area contributed by atoms with Crippen LogP contribution < -0.4 is 9.62 Å². The molecular weight excluding hydrogens is 556 g/mol. The molecule has 0 aromatic heterocycles. The molecule has 0 spiro atoms. The fourth-order valence-electron chi connectivity index (χ4n) is 3.14. The van der Waals surface area contributed by atoms with E-state index in [2.05, 4.69) is 5.32 Å². The van der Waals surface area contributed by atoms with Crippen LogP contribution in [0.3, 0.4) is 0 Å².